The molecule has 0 bridgehead atoms. The average Bonchev–Trinajstić information content (AvgIpc) is 3.05. The first-order chi connectivity index (χ1) is 14.5. The zero-order valence-electron chi connectivity index (χ0n) is 21.6. The van der Waals surface area contributed by atoms with Gasteiger partial charge in [0, 0.05) is 12.0 Å². The van der Waals surface area contributed by atoms with Crippen molar-refractivity contribution >= 4 is 16.6 Å². The Bertz CT molecular complexity index is 898. The molecule has 3 atom stereocenters. The van der Waals surface area contributed by atoms with Crippen LogP contribution in [0.15, 0.2) is 12.1 Å². The molecule has 1 fully saturated rings. The third-order valence-electron chi connectivity index (χ3n) is 7.42. The molecule has 1 aliphatic rings. The lowest BCUT2D eigenvalue weighted by Gasteiger charge is -2.40. The van der Waals surface area contributed by atoms with Crippen molar-refractivity contribution in [3.8, 4) is 24.7 Å². The van der Waals surface area contributed by atoms with E-state index in [9.17, 15) is 0 Å². The Labute approximate surface area is 198 Å². The van der Waals surface area contributed by atoms with Crippen molar-refractivity contribution in [2.45, 2.75) is 103 Å². The molecule has 1 saturated heterocycles. The van der Waals surface area contributed by atoms with Crippen LogP contribution >= 0.6 is 0 Å². The number of terminal acetylenes is 2. The quantitative estimate of drug-likeness (QED) is 0.361. The number of hydrogen-bond donors (Lipinski definition) is 0. The number of ether oxygens (including phenoxy) is 1. The molecule has 1 aliphatic heterocycles. The van der Waals surface area contributed by atoms with Crippen LogP contribution in [0.3, 0.4) is 0 Å². The summed E-state index contributed by atoms with van der Waals surface area (Å²) in [5, 5.41) is 0.238. The highest BCUT2D eigenvalue weighted by molar-refractivity contribution is 6.74. The van der Waals surface area contributed by atoms with E-state index in [2.05, 4.69) is 84.6 Å². The van der Waals surface area contributed by atoms with Crippen molar-refractivity contribution in [1.29, 1.82) is 0 Å². The van der Waals surface area contributed by atoms with Crippen LogP contribution in [-0.4, -0.2) is 40.4 Å². The number of pyridine rings is 1. The molecule has 2 heterocycles. The first-order valence-corrected chi connectivity index (χ1v) is 17.3. The predicted octanol–water partition coefficient (Wildman–Crippen LogP) is 6.29. The van der Waals surface area contributed by atoms with Gasteiger partial charge < -0.3 is 13.6 Å². The van der Waals surface area contributed by atoms with Crippen molar-refractivity contribution in [3.05, 3.63) is 29.1 Å². The molecule has 0 unspecified atom stereocenters. The van der Waals surface area contributed by atoms with E-state index in [4.69, 9.17) is 26.4 Å². The van der Waals surface area contributed by atoms with Gasteiger partial charge in [0.1, 0.15) is 17.5 Å². The molecule has 32 heavy (non-hydrogen) atoms. The molecule has 1 aromatic rings. The summed E-state index contributed by atoms with van der Waals surface area (Å²) >= 11 is 0. The number of hydrogen-bond acceptors (Lipinski definition) is 4. The summed E-state index contributed by atoms with van der Waals surface area (Å²) in [4.78, 5) is 4.43. The molecular weight excluding hydrogens is 430 g/mol. The minimum absolute atomic E-state index is 0.0522. The summed E-state index contributed by atoms with van der Waals surface area (Å²) in [6.07, 6.45) is 11.6. The summed E-state index contributed by atoms with van der Waals surface area (Å²) in [6.45, 7) is 23.1. The molecule has 0 N–H and O–H groups in total. The van der Waals surface area contributed by atoms with E-state index in [0.717, 1.165) is 12.0 Å². The predicted molar refractivity (Wildman–Crippen MR) is 138 cm³/mol. The Morgan fingerprint density at radius 3 is 2.09 bits per heavy atom. The Morgan fingerprint density at radius 1 is 1.00 bits per heavy atom. The maximum absolute atomic E-state index is 6.84. The fourth-order valence-electron chi connectivity index (χ4n) is 3.18. The van der Waals surface area contributed by atoms with Crippen LogP contribution in [0.4, 0.5) is 0 Å². The topological polar surface area (TPSA) is 40.6 Å². The van der Waals surface area contributed by atoms with Gasteiger partial charge in [0.15, 0.2) is 16.6 Å². The second-order valence-electron chi connectivity index (χ2n) is 11.8. The highest BCUT2D eigenvalue weighted by Crippen LogP contribution is 2.43. The zero-order valence-corrected chi connectivity index (χ0v) is 23.6. The van der Waals surface area contributed by atoms with Gasteiger partial charge in [0.25, 0.3) is 0 Å². The molecule has 176 valence electrons. The minimum Gasteiger partial charge on any atom is -0.414 e. The van der Waals surface area contributed by atoms with Gasteiger partial charge in [-0.15, -0.1) is 12.8 Å². The van der Waals surface area contributed by atoms with Crippen molar-refractivity contribution in [2.24, 2.45) is 0 Å². The smallest absolute Gasteiger partial charge is 0.192 e. The van der Waals surface area contributed by atoms with Gasteiger partial charge in [-0.3, -0.25) is 0 Å². The second-order valence-corrected chi connectivity index (χ2v) is 21.4. The first-order valence-electron chi connectivity index (χ1n) is 11.4. The fourth-order valence-corrected chi connectivity index (χ4v) is 5.55. The summed E-state index contributed by atoms with van der Waals surface area (Å²) in [5.74, 6) is 5.24. The molecule has 6 heteroatoms. The molecule has 0 aliphatic carbocycles. The monoisotopic (exact) mass is 471 g/mol. The fraction of sp³-hybridized carbons (Fsp3) is 0.654. The van der Waals surface area contributed by atoms with E-state index in [1.807, 2.05) is 12.1 Å². The van der Waals surface area contributed by atoms with Gasteiger partial charge in [0.2, 0.25) is 0 Å². The van der Waals surface area contributed by atoms with Gasteiger partial charge in [0.05, 0.1) is 18.8 Å². The van der Waals surface area contributed by atoms with Crippen LogP contribution in [0.1, 0.15) is 71.0 Å². The van der Waals surface area contributed by atoms with E-state index in [1.54, 1.807) is 0 Å². The molecule has 0 amide bonds. The lowest BCUT2D eigenvalue weighted by Crippen LogP contribution is -2.48. The first kappa shape index (κ1) is 26.8. The highest BCUT2D eigenvalue weighted by Gasteiger charge is 2.46. The molecule has 4 nitrogen and oxygen atoms in total. The summed E-state index contributed by atoms with van der Waals surface area (Å²) in [7, 11) is -3.92. The normalized spacial score (nSPS) is 22.4. The van der Waals surface area contributed by atoms with Gasteiger partial charge in [-0.25, -0.2) is 4.98 Å². The maximum Gasteiger partial charge on any atom is 0.192 e. The van der Waals surface area contributed by atoms with Crippen LogP contribution in [0.5, 0.6) is 0 Å². The van der Waals surface area contributed by atoms with Crippen LogP contribution < -0.4 is 0 Å². The van der Waals surface area contributed by atoms with Crippen LogP contribution in [-0.2, 0) is 13.6 Å². The Balaban J connectivity index is 2.33. The summed E-state index contributed by atoms with van der Waals surface area (Å²) in [5.41, 5.74) is 1.97. The molecule has 2 rings (SSSR count). The standard InChI is InChI=1S/C26H41NO3Si2/c1-13-19-15-16-20(21(14-2)27-19)22-17-23(30-32(11,12)26(6,7)8)24(29-22)18-28-31(9,10)25(3,4)5/h1-2,15-16,22-24H,17-18H2,3-12H3/t22-,23+,24-/m1/s1. The van der Waals surface area contributed by atoms with Gasteiger partial charge in [-0.1, -0.05) is 53.5 Å². The average molecular weight is 472 g/mol. The lowest BCUT2D eigenvalue weighted by molar-refractivity contribution is -0.0166. The van der Waals surface area contributed by atoms with Crippen molar-refractivity contribution in [2.75, 3.05) is 6.61 Å². The van der Waals surface area contributed by atoms with Crippen molar-refractivity contribution < 1.29 is 13.6 Å². The van der Waals surface area contributed by atoms with E-state index in [0.29, 0.717) is 18.0 Å². The number of nitrogens with zero attached hydrogens (tertiary/aromatic N) is 1. The Kier molecular flexibility index (Phi) is 7.92. The van der Waals surface area contributed by atoms with Crippen LogP contribution in [0, 0.1) is 24.7 Å². The highest BCUT2D eigenvalue weighted by atomic mass is 28.4. The maximum atomic E-state index is 6.84. The van der Waals surface area contributed by atoms with Gasteiger partial charge in [-0.2, -0.15) is 0 Å². The molecule has 0 aromatic carbocycles. The van der Waals surface area contributed by atoms with E-state index in [1.165, 1.54) is 0 Å². The Morgan fingerprint density at radius 2 is 1.59 bits per heavy atom. The largest absolute Gasteiger partial charge is 0.414 e. The zero-order chi connectivity index (χ0) is 24.5. The van der Waals surface area contributed by atoms with Crippen LogP contribution in [0.25, 0.3) is 0 Å². The second kappa shape index (κ2) is 9.45. The van der Waals surface area contributed by atoms with E-state index >= 15 is 0 Å². The lowest BCUT2D eigenvalue weighted by atomic mass is 10.0. The third kappa shape index (κ3) is 5.93. The molecule has 0 spiro atoms. The SMILES string of the molecule is C#Cc1ccc([C@H]2C[C@H](O[Si](C)(C)C(C)(C)C)[C@@H](CO[Si](C)(C)C(C)(C)C)O2)c(C#C)n1. The number of rotatable bonds is 6. The Hall–Kier alpha value is -1.42. The number of aromatic nitrogens is 1. The third-order valence-corrected chi connectivity index (χ3v) is 16.4. The van der Waals surface area contributed by atoms with Crippen molar-refractivity contribution in [3.63, 3.8) is 0 Å². The summed E-state index contributed by atoms with van der Waals surface area (Å²) in [6, 6.07) is 3.77. The van der Waals surface area contributed by atoms with E-state index in [-0.39, 0.29) is 28.4 Å². The summed E-state index contributed by atoms with van der Waals surface area (Å²) < 4.78 is 19.9. The van der Waals surface area contributed by atoms with Crippen molar-refractivity contribution in [1.82, 2.24) is 4.98 Å². The molecule has 0 radical (unpaired) electrons. The van der Waals surface area contributed by atoms with Gasteiger partial charge in [-0.05, 0) is 48.3 Å². The molecular formula is C26H41NO3Si2. The molecule has 0 saturated carbocycles. The van der Waals surface area contributed by atoms with Crippen LogP contribution in [0.2, 0.25) is 36.3 Å². The van der Waals surface area contributed by atoms with Gasteiger partial charge >= 0.3 is 0 Å². The minimum atomic E-state index is -2.00. The molecule has 1 aromatic heterocycles. The van der Waals surface area contributed by atoms with E-state index < -0.39 is 16.6 Å².